The van der Waals surface area contributed by atoms with Crippen molar-refractivity contribution < 1.29 is 13.6 Å². The molecule has 0 aliphatic carbocycles. The van der Waals surface area contributed by atoms with Crippen molar-refractivity contribution in [2.75, 3.05) is 13.2 Å². The zero-order valence-corrected chi connectivity index (χ0v) is 6.63. The number of nitrogens with zero attached hydrogens (tertiary/aromatic N) is 1. The molecule has 0 spiro atoms. The molecule has 0 saturated heterocycles. The first-order chi connectivity index (χ1) is 4.81. The van der Waals surface area contributed by atoms with Gasteiger partial charge in [-0.3, -0.25) is 0 Å². The van der Waals surface area contributed by atoms with Crippen LogP contribution in [0.2, 0.25) is 0 Å². The molecule has 0 aromatic carbocycles. The van der Waals surface area contributed by atoms with E-state index in [0.29, 0.717) is 6.61 Å². The first-order valence-electron chi connectivity index (χ1n) is 2.91. The third kappa shape index (κ3) is 5.64. The predicted molar refractivity (Wildman–Crippen MR) is 35.4 cm³/mol. The van der Waals surface area contributed by atoms with E-state index >= 15 is 0 Å². The lowest BCUT2D eigenvalue weighted by Crippen LogP contribution is -1.86. The van der Waals surface area contributed by atoms with E-state index in [1.165, 1.54) is 0 Å². The van der Waals surface area contributed by atoms with Gasteiger partial charge in [-0.15, -0.1) is 9.05 Å². The number of hydrogen-bond acceptors (Lipinski definition) is 4. The summed E-state index contributed by atoms with van der Waals surface area (Å²) in [6, 6.07) is 1.86. The van der Waals surface area contributed by atoms with E-state index in [0.717, 1.165) is 0 Å². The molecule has 0 heterocycles. The van der Waals surface area contributed by atoms with Crippen molar-refractivity contribution in [3.05, 3.63) is 0 Å². The van der Waals surface area contributed by atoms with Gasteiger partial charge in [-0.25, -0.2) is 0 Å². The van der Waals surface area contributed by atoms with Crippen LogP contribution in [0.25, 0.3) is 0 Å². The van der Waals surface area contributed by atoms with Crippen LogP contribution in [0.5, 0.6) is 0 Å². The number of rotatable bonds is 5. The highest BCUT2D eigenvalue weighted by atomic mass is 31.1. The van der Waals surface area contributed by atoms with Crippen LogP contribution in [-0.2, 0) is 13.6 Å². The van der Waals surface area contributed by atoms with Crippen molar-refractivity contribution in [2.45, 2.75) is 13.3 Å². The predicted octanol–water partition coefficient (Wildman–Crippen LogP) is 1.61. The Hall–Kier alpha value is -0.490. The Balaban J connectivity index is 3.15. The lowest BCUT2D eigenvalue weighted by molar-refractivity contribution is 0.238. The summed E-state index contributed by atoms with van der Waals surface area (Å²) >= 11 is 0. The van der Waals surface area contributed by atoms with Crippen LogP contribution in [-0.4, -0.2) is 13.2 Å². The largest absolute Gasteiger partial charge is 0.697 e. The molecule has 0 aliphatic rings. The lowest BCUT2D eigenvalue weighted by Gasteiger charge is -1.82. The summed E-state index contributed by atoms with van der Waals surface area (Å²) < 4.78 is 19.7. The maximum atomic E-state index is 10.5. The van der Waals surface area contributed by atoms with Crippen molar-refractivity contribution in [3.8, 4) is 6.07 Å². The maximum absolute atomic E-state index is 10.5. The molecule has 0 radical (unpaired) electrons. The van der Waals surface area contributed by atoms with Gasteiger partial charge in [0.05, 0.1) is 12.5 Å². The molecule has 0 saturated carbocycles. The Morgan fingerprint density at radius 1 is 1.60 bits per heavy atom. The molecule has 0 aromatic rings. The molecule has 0 aliphatic heterocycles. The van der Waals surface area contributed by atoms with Gasteiger partial charge in [0.15, 0.2) is 0 Å². The molecule has 0 rings (SSSR count). The van der Waals surface area contributed by atoms with Gasteiger partial charge in [-0.1, -0.05) is 0 Å². The average Bonchev–Trinajstić information content (AvgIpc) is 1.89. The summed E-state index contributed by atoms with van der Waals surface area (Å²) in [5, 5.41) is 8.04. The Morgan fingerprint density at radius 3 is 2.80 bits per heavy atom. The average molecular weight is 162 g/mol. The van der Waals surface area contributed by atoms with Crippen molar-refractivity contribution in [3.63, 3.8) is 0 Å². The highest BCUT2D eigenvalue weighted by Gasteiger charge is 2.17. The first kappa shape index (κ1) is 9.51. The van der Waals surface area contributed by atoms with E-state index in [-0.39, 0.29) is 13.0 Å². The zero-order valence-electron chi connectivity index (χ0n) is 5.74. The van der Waals surface area contributed by atoms with Crippen LogP contribution in [0.1, 0.15) is 13.3 Å². The summed E-state index contributed by atoms with van der Waals surface area (Å²) in [5.41, 5.74) is 0. The highest BCUT2D eigenvalue weighted by molar-refractivity contribution is 7.33. The van der Waals surface area contributed by atoms with E-state index < -0.39 is 8.25 Å². The Morgan fingerprint density at radius 2 is 2.30 bits per heavy atom. The van der Waals surface area contributed by atoms with Gasteiger partial charge >= 0.3 is 8.25 Å². The lowest BCUT2D eigenvalue weighted by atomic mass is 10.5. The van der Waals surface area contributed by atoms with Gasteiger partial charge in [0.25, 0.3) is 0 Å². The Bertz CT molecular complexity index is 142. The molecule has 1 unspecified atom stereocenters. The maximum Gasteiger partial charge on any atom is 0.697 e. The second kappa shape index (κ2) is 6.63. The fraction of sp³-hybridized carbons (Fsp3) is 0.800. The third-order valence-electron chi connectivity index (χ3n) is 0.645. The zero-order chi connectivity index (χ0) is 7.82. The molecule has 0 amide bonds. The van der Waals surface area contributed by atoms with E-state index in [4.69, 9.17) is 5.26 Å². The fourth-order valence-electron chi connectivity index (χ4n) is 0.308. The minimum Gasteiger partial charge on any atom is -0.198 e. The van der Waals surface area contributed by atoms with Crippen LogP contribution in [0.3, 0.4) is 0 Å². The van der Waals surface area contributed by atoms with Crippen LogP contribution in [0, 0.1) is 11.3 Å². The molecule has 56 valence electrons. The van der Waals surface area contributed by atoms with E-state index in [1.807, 2.05) is 6.07 Å². The Kier molecular flexibility index (Phi) is 6.30. The standard InChI is InChI=1S/C5H9NO3P/c1-2-8-10(7)9-5-3-4-6/h2-3,5H2,1H3/q+1. The molecule has 0 aromatic heterocycles. The van der Waals surface area contributed by atoms with Crippen molar-refractivity contribution in [2.24, 2.45) is 0 Å². The van der Waals surface area contributed by atoms with Crippen LogP contribution in [0.4, 0.5) is 0 Å². The van der Waals surface area contributed by atoms with Gasteiger partial charge in [0, 0.05) is 4.57 Å². The number of nitriles is 1. The summed E-state index contributed by atoms with van der Waals surface area (Å²) in [6.07, 6.45) is 0.244. The van der Waals surface area contributed by atoms with Crippen LogP contribution in [0.15, 0.2) is 0 Å². The van der Waals surface area contributed by atoms with Crippen molar-refractivity contribution in [1.29, 1.82) is 5.26 Å². The Labute approximate surface area is 60.7 Å². The molecule has 0 fully saturated rings. The van der Waals surface area contributed by atoms with Gasteiger partial charge in [-0.2, -0.15) is 5.26 Å². The van der Waals surface area contributed by atoms with Crippen LogP contribution >= 0.6 is 8.25 Å². The van der Waals surface area contributed by atoms with Crippen molar-refractivity contribution in [1.82, 2.24) is 0 Å². The summed E-state index contributed by atoms with van der Waals surface area (Å²) in [7, 11) is -1.99. The van der Waals surface area contributed by atoms with Crippen molar-refractivity contribution >= 4 is 8.25 Å². The molecule has 4 nitrogen and oxygen atoms in total. The topological polar surface area (TPSA) is 59.3 Å². The summed E-state index contributed by atoms with van der Waals surface area (Å²) in [6.45, 7) is 2.26. The molecule has 5 heteroatoms. The van der Waals surface area contributed by atoms with Gasteiger partial charge in [-0.05, 0) is 6.92 Å². The summed E-state index contributed by atoms with van der Waals surface area (Å²) in [5.74, 6) is 0. The van der Waals surface area contributed by atoms with E-state index in [9.17, 15) is 4.57 Å². The molecular formula is C5H9NO3P+. The SMILES string of the molecule is CCO[P+](=O)OCCC#N. The minimum absolute atomic E-state index is 0.172. The normalized spacial score (nSPS) is 10.6. The second-order valence-corrected chi connectivity index (χ2v) is 2.35. The quantitative estimate of drug-likeness (QED) is 0.455. The molecular weight excluding hydrogens is 153 g/mol. The van der Waals surface area contributed by atoms with E-state index in [1.54, 1.807) is 6.92 Å². The fourth-order valence-corrected chi connectivity index (χ4v) is 0.834. The van der Waals surface area contributed by atoms with Gasteiger partial charge < -0.3 is 0 Å². The number of hydrogen-bond donors (Lipinski definition) is 0. The third-order valence-corrected chi connectivity index (χ3v) is 1.51. The summed E-state index contributed by atoms with van der Waals surface area (Å²) in [4.78, 5) is 0. The molecule has 10 heavy (non-hydrogen) atoms. The highest BCUT2D eigenvalue weighted by Crippen LogP contribution is 2.22. The smallest absolute Gasteiger partial charge is 0.198 e. The minimum atomic E-state index is -1.99. The first-order valence-corrected chi connectivity index (χ1v) is 4.00. The van der Waals surface area contributed by atoms with Crippen LogP contribution < -0.4 is 0 Å². The molecule has 1 atom stereocenters. The van der Waals surface area contributed by atoms with Gasteiger partial charge in [0.2, 0.25) is 0 Å². The van der Waals surface area contributed by atoms with Gasteiger partial charge in [0.1, 0.15) is 13.2 Å². The van der Waals surface area contributed by atoms with E-state index in [2.05, 4.69) is 9.05 Å². The molecule has 0 N–H and O–H groups in total. The monoisotopic (exact) mass is 162 g/mol. The second-order valence-electron chi connectivity index (χ2n) is 1.38. The molecule has 0 bridgehead atoms.